The van der Waals surface area contributed by atoms with E-state index in [1.165, 1.54) is 0 Å². The standard InChI is InChI=1S/C32H36BF9NO3/c1-5-9-10-11-12-13-26(43(6-2,7-3)8-4)28-27(18-25(38)31(41)32(28)42)46-33(44-19-14-21(34)29(39)22(35)15-19)45-20-16-23(36)30(40)24(37)17-20/h14-18,26H,5-13H2,1-4H3/q+1. The lowest BCUT2D eigenvalue weighted by Crippen LogP contribution is -2.51. The molecular weight excluding hydrogens is 628 g/mol. The Morgan fingerprint density at radius 1 is 0.543 bits per heavy atom. The highest BCUT2D eigenvalue weighted by Crippen LogP contribution is 2.42. The van der Waals surface area contributed by atoms with E-state index in [0.717, 1.165) is 25.7 Å². The molecule has 3 aromatic carbocycles. The maximum Gasteiger partial charge on any atom is 0.864 e. The minimum atomic E-state index is -2.33. The molecule has 0 radical (unpaired) electrons. The predicted octanol–water partition coefficient (Wildman–Crippen LogP) is 9.74. The summed E-state index contributed by atoms with van der Waals surface area (Å²) in [6, 6.07) is 1.30. The molecule has 252 valence electrons. The van der Waals surface area contributed by atoms with Gasteiger partial charge in [-0.3, -0.25) is 0 Å². The van der Waals surface area contributed by atoms with Crippen molar-refractivity contribution in [2.75, 3.05) is 19.6 Å². The number of benzene rings is 3. The van der Waals surface area contributed by atoms with Crippen molar-refractivity contribution >= 4 is 7.32 Å². The lowest BCUT2D eigenvalue weighted by molar-refractivity contribution is -0.953. The smallest absolute Gasteiger partial charge is 0.489 e. The average molecular weight is 664 g/mol. The number of nitrogens with zero attached hydrogens (tertiary/aromatic N) is 1. The van der Waals surface area contributed by atoms with Gasteiger partial charge in [-0.05, 0) is 27.2 Å². The Labute approximate surface area is 262 Å². The van der Waals surface area contributed by atoms with Gasteiger partial charge in [-0.1, -0.05) is 32.6 Å². The van der Waals surface area contributed by atoms with E-state index in [1.807, 2.05) is 27.7 Å². The first-order valence-electron chi connectivity index (χ1n) is 15.1. The van der Waals surface area contributed by atoms with Crippen LogP contribution < -0.4 is 14.0 Å². The van der Waals surface area contributed by atoms with E-state index in [1.54, 1.807) is 0 Å². The fraction of sp³-hybridized carbons (Fsp3) is 0.438. The van der Waals surface area contributed by atoms with Gasteiger partial charge in [-0.2, -0.15) is 0 Å². The van der Waals surface area contributed by atoms with Gasteiger partial charge in [0.25, 0.3) is 0 Å². The molecule has 0 aliphatic carbocycles. The molecule has 4 nitrogen and oxygen atoms in total. The number of unbranched alkanes of at least 4 members (excludes halogenated alkanes) is 4. The van der Waals surface area contributed by atoms with Crippen LogP contribution in [0.5, 0.6) is 17.2 Å². The summed E-state index contributed by atoms with van der Waals surface area (Å²) >= 11 is 0. The molecule has 0 amide bonds. The zero-order valence-electron chi connectivity index (χ0n) is 26.0. The fourth-order valence-electron chi connectivity index (χ4n) is 5.56. The van der Waals surface area contributed by atoms with Crippen molar-refractivity contribution in [2.24, 2.45) is 0 Å². The van der Waals surface area contributed by atoms with Gasteiger partial charge in [-0.15, -0.1) is 0 Å². The third-order valence-corrected chi connectivity index (χ3v) is 8.23. The van der Waals surface area contributed by atoms with Gasteiger partial charge in [-0.25, -0.2) is 39.5 Å². The fourth-order valence-corrected chi connectivity index (χ4v) is 5.56. The summed E-state index contributed by atoms with van der Waals surface area (Å²) in [6.45, 7) is 9.01. The largest absolute Gasteiger partial charge is 0.864 e. The van der Waals surface area contributed by atoms with Gasteiger partial charge in [0.05, 0.1) is 25.2 Å². The number of halogens is 9. The highest BCUT2D eigenvalue weighted by molar-refractivity contribution is 6.39. The van der Waals surface area contributed by atoms with Crippen molar-refractivity contribution in [1.29, 1.82) is 0 Å². The number of rotatable bonds is 17. The van der Waals surface area contributed by atoms with Crippen LogP contribution in [0.2, 0.25) is 0 Å². The molecule has 3 rings (SSSR count). The molecule has 3 aromatic rings. The van der Waals surface area contributed by atoms with E-state index in [9.17, 15) is 35.1 Å². The summed E-state index contributed by atoms with van der Waals surface area (Å²) in [5, 5.41) is 0. The number of quaternary nitrogens is 1. The predicted molar refractivity (Wildman–Crippen MR) is 155 cm³/mol. The second-order valence-electron chi connectivity index (χ2n) is 10.8. The SMILES string of the molecule is CCCCCCCC(c1c(OB(Oc2cc(F)c(F)c(F)c2)Oc2cc(F)c(F)c(F)c2)cc(F)c(F)c1F)[N+](CC)(CC)CC. The van der Waals surface area contributed by atoms with E-state index in [4.69, 9.17) is 14.0 Å². The van der Waals surface area contributed by atoms with Crippen LogP contribution in [0.4, 0.5) is 39.5 Å². The van der Waals surface area contributed by atoms with E-state index in [-0.39, 0.29) is 10.0 Å². The van der Waals surface area contributed by atoms with Crippen LogP contribution in [-0.2, 0) is 0 Å². The lowest BCUT2D eigenvalue weighted by Gasteiger charge is -2.44. The zero-order valence-corrected chi connectivity index (χ0v) is 26.0. The molecule has 0 saturated heterocycles. The van der Waals surface area contributed by atoms with Crippen molar-refractivity contribution in [3.8, 4) is 17.2 Å². The Morgan fingerprint density at radius 3 is 1.41 bits per heavy atom. The van der Waals surface area contributed by atoms with E-state index >= 15 is 4.39 Å². The topological polar surface area (TPSA) is 27.7 Å². The first-order chi connectivity index (χ1) is 21.8. The summed E-state index contributed by atoms with van der Waals surface area (Å²) in [5.74, 6) is -17.6. The lowest BCUT2D eigenvalue weighted by atomic mass is 9.93. The van der Waals surface area contributed by atoms with Gasteiger partial charge in [0.1, 0.15) is 23.3 Å². The molecular formula is C32H36BF9NO3+. The summed E-state index contributed by atoms with van der Waals surface area (Å²) in [5.41, 5.74) is -0.384. The molecule has 0 aliphatic rings. The second kappa shape index (κ2) is 16.3. The third-order valence-electron chi connectivity index (χ3n) is 8.23. The monoisotopic (exact) mass is 664 g/mol. The summed E-state index contributed by atoms with van der Waals surface area (Å²) < 4.78 is 145. The Balaban J connectivity index is 2.17. The normalized spacial score (nSPS) is 12.3. The second-order valence-corrected chi connectivity index (χ2v) is 10.8. The van der Waals surface area contributed by atoms with Crippen LogP contribution >= 0.6 is 0 Å². The van der Waals surface area contributed by atoms with Crippen LogP contribution in [0.3, 0.4) is 0 Å². The van der Waals surface area contributed by atoms with Crippen molar-refractivity contribution in [2.45, 2.75) is 72.3 Å². The molecule has 0 saturated carbocycles. The van der Waals surface area contributed by atoms with E-state index in [2.05, 4.69) is 0 Å². The maximum absolute atomic E-state index is 15.9. The van der Waals surface area contributed by atoms with Crippen LogP contribution in [0.15, 0.2) is 30.3 Å². The van der Waals surface area contributed by atoms with Gasteiger partial charge in [0.15, 0.2) is 52.4 Å². The molecule has 0 fully saturated rings. The highest BCUT2D eigenvalue weighted by Gasteiger charge is 2.42. The Kier molecular flexibility index (Phi) is 13.1. The minimum Gasteiger partial charge on any atom is -0.489 e. The third kappa shape index (κ3) is 8.43. The molecule has 0 aromatic heterocycles. The van der Waals surface area contributed by atoms with Crippen molar-refractivity contribution in [3.63, 3.8) is 0 Å². The van der Waals surface area contributed by atoms with Crippen molar-refractivity contribution < 1.29 is 58.0 Å². The Hall–Kier alpha value is -3.55. The maximum atomic E-state index is 15.9. The van der Waals surface area contributed by atoms with Gasteiger partial charge >= 0.3 is 7.32 Å². The first-order valence-corrected chi connectivity index (χ1v) is 15.1. The molecule has 46 heavy (non-hydrogen) atoms. The average Bonchev–Trinajstić information content (AvgIpc) is 3.01. The quantitative estimate of drug-likeness (QED) is 0.0473. The van der Waals surface area contributed by atoms with Gasteiger partial charge < -0.3 is 18.4 Å². The van der Waals surface area contributed by atoms with Gasteiger partial charge in [0, 0.05) is 36.8 Å². The van der Waals surface area contributed by atoms with E-state index in [0.29, 0.717) is 62.8 Å². The van der Waals surface area contributed by atoms with Crippen LogP contribution in [-0.4, -0.2) is 31.4 Å². The molecule has 0 heterocycles. The zero-order chi connectivity index (χ0) is 34.2. The first kappa shape index (κ1) is 36.9. The van der Waals surface area contributed by atoms with Crippen molar-refractivity contribution in [3.05, 3.63) is 88.3 Å². The summed E-state index contributed by atoms with van der Waals surface area (Å²) in [4.78, 5) is 0. The Bertz CT molecular complexity index is 1380. The molecule has 14 heteroatoms. The van der Waals surface area contributed by atoms with E-state index < -0.39 is 83.0 Å². The van der Waals surface area contributed by atoms with Crippen LogP contribution in [0.1, 0.15) is 77.8 Å². The molecule has 0 aliphatic heterocycles. The molecule has 0 bridgehead atoms. The number of hydrogen-bond acceptors (Lipinski definition) is 3. The van der Waals surface area contributed by atoms with Crippen LogP contribution in [0, 0.1) is 52.4 Å². The van der Waals surface area contributed by atoms with Crippen molar-refractivity contribution in [1.82, 2.24) is 0 Å². The Morgan fingerprint density at radius 2 is 0.978 bits per heavy atom. The minimum absolute atomic E-state index is 0.223. The van der Waals surface area contributed by atoms with Gasteiger partial charge in [0.2, 0.25) is 0 Å². The molecule has 1 atom stereocenters. The molecule has 0 spiro atoms. The molecule has 0 N–H and O–H groups in total. The molecule has 1 unspecified atom stereocenters. The number of hydrogen-bond donors (Lipinski definition) is 0. The van der Waals surface area contributed by atoms with Crippen LogP contribution in [0.25, 0.3) is 0 Å². The summed E-state index contributed by atoms with van der Waals surface area (Å²) in [6.07, 6.45) is 4.55. The summed E-state index contributed by atoms with van der Waals surface area (Å²) in [7, 11) is -2.33. The highest BCUT2D eigenvalue weighted by atomic mass is 19.2.